The number of carbonyl (C=O) groups excluding carboxylic acids is 1. The average Bonchev–Trinajstić information content (AvgIpc) is 2.83. The third kappa shape index (κ3) is 5.21. The molecule has 4 rings (SSSR count). The Bertz CT molecular complexity index is 1200. The van der Waals surface area contributed by atoms with E-state index in [1.807, 2.05) is 78.6 Å². The smallest absolute Gasteiger partial charge is 0.304 e. The maximum absolute atomic E-state index is 14.2. The Morgan fingerprint density at radius 1 is 1.09 bits per heavy atom. The quantitative estimate of drug-likeness (QED) is 0.368. The van der Waals surface area contributed by atoms with E-state index in [9.17, 15) is 14.7 Å². The van der Waals surface area contributed by atoms with Gasteiger partial charge in [0.05, 0.1) is 29.6 Å². The van der Waals surface area contributed by atoms with Gasteiger partial charge in [-0.05, 0) is 60.4 Å². The summed E-state index contributed by atoms with van der Waals surface area (Å²) < 4.78 is 0. The second-order valence-electron chi connectivity index (χ2n) is 9.38. The molecule has 182 valence electrons. The fourth-order valence-corrected chi connectivity index (χ4v) is 5.67. The van der Waals surface area contributed by atoms with Crippen molar-refractivity contribution in [2.75, 3.05) is 0 Å². The molecule has 0 aliphatic carbocycles. The Balaban J connectivity index is 1.95. The van der Waals surface area contributed by atoms with Gasteiger partial charge < -0.3 is 10.0 Å². The van der Waals surface area contributed by atoms with E-state index in [1.165, 1.54) is 0 Å². The standard InChI is InChI=1S/C28H28Cl2N2O3/c1-3-24(23-9-4-5-14-31-23)32-26(18-10-12-20(29)13-11-18)22(19-7-6-8-21(30)15-19)16-28(2,27(32)35)17-25(33)34/h4-15,22,24,26H,3,16-17H2,1-2H3,(H,33,34)/t22?,24-,26?,28+/m0/s1. The van der Waals surface area contributed by atoms with E-state index in [0.29, 0.717) is 22.9 Å². The number of nitrogens with zero attached hydrogens (tertiary/aromatic N) is 2. The van der Waals surface area contributed by atoms with Crippen LogP contribution in [0.1, 0.15) is 67.9 Å². The average molecular weight is 511 g/mol. The van der Waals surface area contributed by atoms with Crippen molar-refractivity contribution in [2.24, 2.45) is 5.41 Å². The second kappa shape index (κ2) is 10.4. The van der Waals surface area contributed by atoms with Crippen molar-refractivity contribution < 1.29 is 14.7 Å². The maximum Gasteiger partial charge on any atom is 0.304 e. The fraction of sp³-hybridized carbons (Fsp3) is 0.321. The fourth-order valence-electron chi connectivity index (χ4n) is 5.34. The third-order valence-corrected chi connectivity index (χ3v) is 7.37. The van der Waals surface area contributed by atoms with E-state index in [1.54, 1.807) is 13.1 Å². The Morgan fingerprint density at radius 3 is 2.43 bits per heavy atom. The van der Waals surface area contributed by atoms with Gasteiger partial charge in [-0.15, -0.1) is 0 Å². The van der Waals surface area contributed by atoms with Gasteiger partial charge in [-0.2, -0.15) is 0 Å². The highest BCUT2D eigenvalue weighted by atomic mass is 35.5. The SMILES string of the molecule is CC[C@@H](c1ccccn1)N1C(=O)[C@@](C)(CC(=O)O)CC(c2cccc(Cl)c2)C1c1ccc(Cl)cc1. The molecule has 0 saturated carbocycles. The summed E-state index contributed by atoms with van der Waals surface area (Å²) in [6.07, 6.45) is 2.46. The molecule has 35 heavy (non-hydrogen) atoms. The minimum absolute atomic E-state index is 0.185. The third-order valence-electron chi connectivity index (χ3n) is 6.88. The summed E-state index contributed by atoms with van der Waals surface area (Å²) in [4.78, 5) is 32.6. The molecule has 1 N–H and O–H groups in total. The lowest BCUT2D eigenvalue weighted by Crippen LogP contribution is -2.53. The number of likely N-dealkylation sites (tertiary alicyclic amines) is 1. The predicted octanol–water partition coefficient (Wildman–Crippen LogP) is 7.08. The summed E-state index contributed by atoms with van der Waals surface area (Å²) >= 11 is 12.6. The topological polar surface area (TPSA) is 70.5 Å². The number of carbonyl (C=O) groups is 2. The highest BCUT2D eigenvalue weighted by Crippen LogP contribution is 2.54. The number of hydrogen-bond donors (Lipinski definition) is 1. The summed E-state index contributed by atoms with van der Waals surface area (Å²) in [5, 5.41) is 10.9. The molecule has 1 saturated heterocycles. The largest absolute Gasteiger partial charge is 0.481 e. The van der Waals surface area contributed by atoms with Gasteiger partial charge in [0, 0.05) is 22.2 Å². The van der Waals surface area contributed by atoms with E-state index in [-0.39, 0.29) is 30.3 Å². The van der Waals surface area contributed by atoms with Gasteiger partial charge in [0.15, 0.2) is 0 Å². The summed E-state index contributed by atoms with van der Waals surface area (Å²) in [5.74, 6) is -1.37. The van der Waals surface area contributed by atoms with Crippen LogP contribution in [0.5, 0.6) is 0 Å². The van der Waals surface area contributed by atoms with Gasteiger partial charge in [-0.1, -0.05) is 67.4 Å². The molecule has 2 aromatic carbocycles. The van der Waals surface area contributed by atoms with Crippen molar-refractivity contribution >= 4 is 35.1 Å². The van der Waals surface area contributed by atoms with E-state index in [4.69, 9.17) is 23.2 Å². The molecule has 5 nitrogen and oxygen atoms in total. The van der Waals surface area contributed by atoms with E-state index >= 15 is 0 Å². The summed E-state index contributed by atoms with van der Waals surface area (Å²) in [5.41, 5.74) is 1.57. The summed E-state index contributed by atoms with van der Waals surface area (Å²) in [6.45, 7) is 3.78. The number of amides is 1. The van der Waals surface area contributed by atoms with Gasteiger partial charge in [-0.3, -0.25) is 14.6 Å². The number of aromatic nitrogens is 1. The van der Waals surface area contributed by atoms with Crippen LogP contribution in [0, 0.1) is 5.41 Å². The van der Waals surface area contributed by atoms with Crippen molar-refractivity contribution in [1.82, 2.24) is 9.88 Å². The van der Waals surface area contributed by atoms with Crippen LogP contribution in [0.2, 0.25) is 10.0 Å². The summed E-state index contributed by atoms with van der Waals surface area (Å²) in [6, 6.07) is 20.1. The van der Waals surface area contributed by atoms with Crippen LogP contribution < -0.4 is 0 Å². The first-order chi connectivity index (χ1) is 16.7. The number of halogens is 2. The van der Waals surface area contributed by atoms with Gasteiger partial charge >= 0.3 is 5.97 Å². The molecule has 0 spiro atoms. The molecule has 1 fully saturated rings. The van der Waals surface area contributed by atoms with Crippen LogP contribution in [-0.2, 0) is 9.59 Å². The van der Waals surface area contributed by atoms with Crippen LogP contribution in [0.15, 0.2) is 72.9 Å². The minimum Gasteiger partial charge on any atom is -0.481 e. The van der Waals surface area contributed by atoms with Crippen molar-refractivity contribution in [1.29, 1.82) is 0 Å². The van der Waals surface area contributed by atoms with E-state index in [0.717, 1.165) is 16.8 Å². The highest BCUT2D eigenvalue weighted by molar-refractivity contribution is 6.30. The zero-order valence-corrected chi connectivity index (χ0v) is 21.2. The lowest BCUT2D eigenvalue weighted by atomic mass is 9.67. The molecule has 7 heteroatoms. The van der Waals surface area contributed by atoms with Crippen LogP contribution in [0.25, 0.3) is 0 Å². The Morgan fingerprint density at radius 2 is 1.83 bits per heavy atom. The van der Waals surface area contributed by atoms with Crippen LogP contribution in [0.3, 0.4) is 0 Å². The lowest BCUT2D eigenvalue weighted by Gasteiger charge is -2.51. The zero-order chi connectivity index (χ0) is 25.2. The Hall–Kier alpha value is -2.89. The van der Waals surface area contributed by atoms with Gasteiger partial charge in [0.1, 0.15) is 0 Å². The van der Waals surface area contributed by atoms with E-state index in [2.05, 4.69) is 4.98 Å². The van der Waals surface area contributed by atoms with Gasteiger partial charge in [-0.25, -0.2) is 0 Å². The monoisotopic (exact) mass is 510 g/mol. The zero-order valence-electron chi connectivity index (χ0n) is 19.7. The predicted molar refractivity (Wildman–Crippen MR) is 137 cm³/mol. The van der Waals surface area contributed by atoms with Gasteiger partial charge in [0.2, 0.25) is 5.91 Å². The molecule has 4 atom stereocenters. The molecule has 1 amide bonds. The molecule has 1 aromatic heterocycles. The minimum atomic E-state index is -1.09. The second-order valence-corrected chi connectivity index (χ2v) is 10.3. The molecule has 0 bridgehead atoms. The number of hydrogen-bond acceptors (Lipinski definition) is 3. The molecular formula is C28H28Cl2N2O3. The molecule has 1 aliphatic rings. The summed E-state index contributed by atoms with van der Waals surface area (Å²) in [7, 11) is 0. The van der Waals surface area contributed by atoms with Crippen LogP contribution in [0.4, 0.5) is 0 Å². The molecule has 2 unspecified atom stereocenters. The first-order valence-electron chi connectivity index (χ1n) is 11.7. The van der Waals surface area contributed by atoms with Crippen LogP contribution in [-0.4, -0.2) is 26.9 Å². The maximum atomic E-state index is 14.2. The molecule has 3 aromatic rings. The van der Waals surface area contributed by atoms with Crippen molar-refractivity contribution in [3.8, 4) is 0 Å². The molecule has 1 aliphatic heterocycles. The highest BCUT2D eigenvalue weighted by Gasteiger charge is 2.52. The van der Waals surface area contributed by atoms with Gasteiger partial charge in [0.25, 0.3) is 0 Å². The first-order valence-corrected chi connectivity index (χ1v) is 12.5. The van der Waals surface area contributed by atoms with Crippen molar-refractivity contribution in [3.05, 3.63) is 99.8 Å². The number of aliphatic carboxylic acids is 1. The number of benzene rings is 2. The molecule has 2 heterocycles. The number of carboxylic acid groups (broad SMARTS) is 1. The first kappa shape index (κ1) is 25.2. The number of rotatable bonds is 7. The normalized spacial score (nSPS) is 23.2. The van der Waals surface area contributed by atoms with Crippen molar-refractivity contribution in [2.45, 2.75) is 51.1 Å². The Labute approximate surface area is 215 Å². The number of carboxylic acids is 1. The Kier molecular flexibility index (Phi) is 7.48. The number of pyridine rings is 1. The van der Waals surface area contributed by atoms with Crippen LogP contribution >= 0.6 is 23.2 Å². The molecule has 0 radical (unpaired) electrons. The lowest BCUT2D eigenvalue weighted by molar-refractivity contribution is -0.161. The number of piperidine rings is 1. The van der Waals surface area contributed by atoms with Crippen molar-refractivity contribution in [3.63, 3.8) is 0 Å². The molecular weight excluding hydrogens is 483 g/mol. The van der Waals surface area contributed by atoms with E-state index < -0.39 is 11.4 Å².